The highest BCUT2D eigenvalue weighted by Crippen LogP contribution is 2.23. The van der Waals surface area contributed by atoms with E-state index in [1.807, 2.05) is 49.4 Å². The van der Waals surface area contributed by atoms with Gasteiger partial charge in [-0.25, -0.2) is 14.2 Å². The number of fused-ring (bicyclic) bond motifs is 1. The van der Waals surface area contributed by atoms with E-state index in [2.05, 4.69) is 25.8 Å². The molecule has 1 atom stereocenters. The number of nitrogens with zero attached hydrogens (tertiary/aromatic N) is 2. The van der Waals surface area contributed by atoms with Gasteiger partial charge in [-0.3, -0.25) is 4.79 Å². The summed E-state index contributed by atoms with van der Waals surface area (Å²) in [6.45, 7) is 3.86. The van der Waals surface area contributed by atoms with Crippen molar-refractivity contribution in [3.8, 4) is 11.3 Å². The Labute approximate surface area is 229 Å². The van der Waals surface area contributed by atoms with Crippen molar-refractivity contribution in [3.05, 3.63) is 100 Å². The second-order valence-electron chi connectivity index (χ2n) is 9.51. The van der Waals surface area contributed by atoms with Gasteiger partial charge in [0.15, 0.2) is 5.76 Å². The first-order valence-corrected chi connectivity index (χ1v) is 12.9. The van der Waals surface area contributed by atoms with E-state index in [0.29, 0.717) is 52.6 Å². The molecule has 10 heteroatoms. The number of para-hydroxylation sites is 2. The summed E-state index contributed by atoms with van der Waals surface area (Å²) in [7, 11) is 0. The van der Waals surface area contributed by atoms with Crippen LogP contribution in [-0.2, 0) is 24.2 Å². The number of benzene rings is 3. The molecule has 5 rings (SSSR count). The molecule has 40 heavy (non-hydrogen) atoms. The van der Waals surface area contributed by atoms with Crippen molar-refractivity contribution >= 4 is 28.9 Å². The number of imidazole rings is 1. The second-order valence-corrected chi connectivity index (χ2v) is 9.51. The molecule has 2 heterocycles. The van der Waals surface area contributed by atoms with Gasteiger partial charge in [0.05, 0.1) is 17.6 Å². The maximum atomic E-state index is 13.8. The standard InChI is InChI=1S/C30H28FN5O4/c1-3-19-14-21(31)12-17(2)27(19)28(37)33-25(29(38)39)13-18-8-10-20(11-9-18)26-15-22(36-40-26)16-32-30-34-23-6-4-5-7-24(23)35-30/h4-12,14-15,25H,3,13,16H2,1-2H3,(H,33,37)(H,38,39)(H2,32,34,35). The molecule has 4 N–H and O–H groups in total. The molecule has 5 aromatic rings. The molecule has 0 saturated heterocycles. The fourth-order valence-electron chi connectivity index (χ4n) is 4.63. The molecule has 2 aromatic heterocycles. The highest BCUT2D eigenvalue weighted by molar-refractivity contribution is 5.99. The lowest BCUT2D eigenvalue weighted by Crippen LogP contribution is -2.42. The summed E-state index contributed by atoms with van der Waals surface area (Å²) >= 11 is 0. The topological polar surface area (TPSA) is 133 Å². The van der Waals surface area contributed by atoms with Gasteiger partial charge in [-0.15, -0.1) is 0 Å². The Kier molecular flexibility index (Phi) is 7.59. The molecule has 0 fully saturated rings. The monoisotopic (exact) mass is 541 g/mol. The van der Waals surface area contributed by atoms with Gasteiger partial charge in [0.1, 0.15) is 17.6 Å². The van der Waals surface area contributed by atoms with Gasteiger partial charge in [0.25, 0.3) is 5.91 Å². The number of carboxylic acid groups (broad SMARTS) is 1. The number of aromatic amines is 1. The highest BCUT2D eigenvalue weighted by Gasteiger charge is 2.24. The van der Waals surface area contributed by atoms with Crippen LogP contribution in [0.15, 0.2) is 71.3 Å². The Morgan fingerprint density at radius 1 is 1.10 bits per heavy atom. The Balaban J connectivity index is 1.22. The summed E-state index contributed by atoms with van der Waals surface area (Å²) < 4.78 is 19.3. The number of carboxylic acids is 1. The van der Waals surface area contributed by atoms with Crippen molar-refractivity contribution in [1.29, 1.82) is 0 Å². The van der Waals surface area contributed by atoms with Crippen LogP contribution in [0, 0.1) is 12.7 Å². The summed E-state index contributed by atoms with van der Waals surface area (Å²) in [5.41, 5.74) is 5.28. The number of amides is 1. The number of aromatic nitrogens is 3. The fourth-order valence-corrected chi connectivity index (χ4v) is 4.63. The smallest absolute Gasteiger partial charge is 0.326 e. The summed E-state index contributed by atoms with van der Waals surface area (Å²) in [4.78, 5) is 32.6. The van der Waals surface area contributed by atoms with Crippen LogP contribution in [0.2, 0.25) is 0 Å². The zero-order chi connectivity index (χ0) is 28.2. The molecular weight excluding hydrogens is 513 g/mol. The van der Waals surface area contributed by atoms with E-state index in [9.17, 15) is 19.1 Å². The summed E-state index contributed by atoms with van der Waals surface area (Å²) in [5.74, 6) is -0.927. The average molecular weight is 542 g/mol. The normalized spacial score (nSPS) is 11.9. The van der Waals surface area contributed by atoms with Crippen molar-refractivity contribution in [1.82, 2.24) is 20.4 Å². The number of aliphatic carboxylic acids is 1. The molecule has 0 bridgehead atoms. The lowest BCUT2D eigenvalue weighted by Gasteiger charge is -2.17. The van der Waals surface area contributed by atoms with E-state index in [1.54, 1.807) is 19.1 Å². The molecule has 0 radical (unpaired) electrons. The zero-order valence-corrected chi connectivity index (χ0v) is 22.0. The van der Waals surface area contributed by atoms with Crippen LogP contribution in [0.25, 0.3) is 22.4 Å². The molecule has 0 saturated carbocycles. The third kappa shape index (κ3) is 5.85. The van der Waals surface area contributed by atoms with Gasteiger partial charge in [0.2, 0.25) is 5.95 Å². The van der Waals surface area contributed by atoms with Crippen LogP contribution >= 0.6 is 0 Å². The quantitative estimate of drug-likeness (QED) is 0.189. The molecule has 1 unspecified atom stereocenters. The summed E-state index contributed by atoms with van der Waals surface area (Å²) in [6.07, 6.45) is 0.520. The van der Waals surface area contributed by atoms with Crippen molar-refractivity contribution in [3.63, 3.8) is 0 Å². The summed E-state index contributed by atoms with van der Waals surface area (Å²) in [5, 5.41) is 19.7. The van der Waals surface area contributed by atoms with Crippen molar-refractivity contribution in [2.45, 2.75) is 39.3 Å². The number of hydrogen-bond acceptors (Lipinski definition) is 6. The minimum atomic E-state index is -1.16. The maximum Gasteiger partial charge on any atom is 0.326 e. The van der Waals surface area contributed by atoms with E-state index in [0.717, 1.165) is 16.6 Å². The number of anilines is 1. The second kappa shape index (κ2) is 11.4. The Morgan fingerprint density at radius 3 is 2.60 bits per heavy atom. The van der Waals surface area contributed by atoms with Crippen LogP contribution < -0.4 is 10.6 Å². The number of H-pyrrole nitrogens is 1. The van der Waals surface area contributed by atoms with Crippen LogP contribution in [-0.4, -0.2) is 38.1 Å². The first kappa shape index (κ1) is 26.6. The maximum absolute atomic E-state index is 13.8. The van der Waals surface area contributed by atoms with E-state index in [1.165, 1.54) is 12.1 Å². The van der Waals surface area contributed by atoms with E-state index < -0.39 is 23.7 Å². The van der Waals surface area contributed by atoms with Crippen LogP contribution in [0.4, 0.5) is 10.3 Å². The zero-order valence-electron chi connectivity index (χ0n) is 22.0. The van der Waals surface area contributed by atoms with E-state index in [-0.39, 0.29) is 6.42 Å². The average Bonchev–Trinajstić information content (AvgIpc) is 3.58. The van der Waals surface area contributed by atoms with Gasteiger partial charge in [-0.05, 0) is 54.3 Å². The van der Waals surface area contributed by atoms with Crippen molar-refractivity contribution in [2.24, 2.45) is 0 Å². The lowest BCUT2D eigenvalue weighted by atomic mass is 9.98. The van der Waals surface area contributed by atoms with E-state index >= 15 is 0 Å². The Morgan fingerprint density at radius 2 is 1.88 bits per heavy atom. The molecule has 9 nitrogen and oxygen atoms in total. The molecule has 0 aliphatic carbocycles. The SMILES string of the molecule is CCc1cc(F)cc(C)c1C(=O)NC(Cc1ccc(-c2cc(CNc3nc4ccccc4[nH]3)no2)cc1)C(=O)O. The Bertz CT molecular complexity index is 1640. The van der Waals surface area contributed by atoms with Crippen LogP contribution in [0.5, 0.6) is 0 Å². The van der Waals surface area contributed by atoms with Gasteiger partial charge >= 0.3 is 5.97 Å². The van der Waals surface area contributed by atoms with E-state index in [4.69, 9.17) is 4.52 Å². The largest absolute Gasteiger partial charge is 0.480 e. The number of halogens is 1. The number of hydrogen-bond donors (Lipinski definition) is 4. The number of rotatable bonds is 10. The molecule has 0 aliphatic heterocycles. The van der Waals surface area contributed by atoms with Gasteiger partial charge in [0, 0.05) is 23.6 Å². The fraction of sp³-hybridized carbons (Fsp3) is 0.200. The Hall–Kier alpha value is -4.99. The lowest BCUT2D eigenvalue weighted by molar-refractivity contribution is -0.139. The third-order valence-electron chi connectivity index (χ3n) is 6.66. The van der Waals surface area contributed by atoms with Gasteiger partial charge in [-0.1, -0.05) is 48.5 Å². The minimum absolute atomic E-state index is 0.0755. The predicted molar refractivity (Wildman–Crippen MR) is 148 cm³/mol. The number of carbonyl (C=O) groups is 2. The summed E-state index contributed by atoms with van der Waals surface area (Å²) in [6, 6.07) is 18.2. The van der Waals surface area contributed by atoms with Crippen molar-refractivity contribution < 1.29 is 23.6 Å². The first-order valence-electron chi connectivity index (χ1n) is 12.9. The van der Waals surface area contributed by atoms with Gasteiger partial charge in [-0.2, -0.15) is 0 Å². The molecule has 0 spiro atoms. The number of nitrogens with one attached hydrogen (secondary N) is 3. The highest BCUT2D eigenvalue weighted by atomic mass is 19.1. The number of carbonyl (C=O) groups excluding carboxylic acids is 1. The molecule has 3 aromatic carbocycles. The predicted octanol–water partition coefficient (Wildman–Crippen LogP) is 5.27. The third-order valence-corrected chi connectivity index (χ3v) is 6.66. The number of aryl methyl sites for hydroxylation is 2. The van der Waals surface area contributed by atoms with Gasteiger partial charge < -0.3 is 25.2 Å². The molecular formula is C30H28FN5O4. The molecule has 204 valence electrons. The first-order chi connectivity index (χ1) is 19.3. The van der Waals surface area contributed by atoms with Crippen LogP contribution in [0.3, 0.4) is 0 Å². The minimum Gasteiger partial charge on any atom is -0.480 e. The van der Waals surface area contributed by atoms with Crippen LogP contribution in [0.1, 0.15) is 39.7 Å². The molecule has 1 amide bonds. The molecule has 0 aliphatic rings. The van der Waals surface area contributed by atoms with Crippen molar-refractivity contribution in [2.75, 3.05) is 5.32 Å².